The molecule has 128 valence electrons. The molecule has 0 aliphatic carbocycles. The maximum Gasteiger partial charge on any atom is 0.442 e. The van der Waals surface area contributed by atoms with E-state index in [-0.39, 0.29) is 6.54 Å². The molecule has 1 amide bonds. The number of fused-ring (bicyclic) bond motifs is 1. The van der Waals surface area contributed by atoms with Crippen molar-refractivity contribution in [3.63, 3.8) is 0 Å². The van der Waals surface area contributed by atoms with Gasteiger partial charge in [-0.15, -0.1) is 5.06 Å². The van der Waals surface area contributed by atoms with E-state index in [4.69, 9.17) is 10.0 Å². The van der Waals surface area contributed by atoms with Crippen LogP contribution in [0.1, 0.15) is 19.0 Å². The van der Waals surface area contributed by atoms with Crippen LogP contribution in [0.4, 0.5) is 4.79 Å². The molecular weight excluding hydrogens is 320 g/mol. The van der Waals surface area contributed by atoms with Gasteiger partial charge in [0, 0.05) is 17.1 Å². The molecule has 0 fully saturated rings. The van der Waals surface area contributed by atoms with Gasteiger partial charge in [0.05, 0.1) is 29.7 Å². The number of aromatic nitrogens is 2. The molecule has 0 aliphatic rings. The number of carbonyl (C=O) groups is 1. The molecule has 2 N–H and O–H groups in total. The summed E-state index contributed by atoms with van der Waals surface area (Å²) in [5.41, 5.74) is 3.44. The Hall–Kier alpha value is -3.35. The van der Waals surface area contributed by atoms with E-state index in [1.165, 1.54) is 6.21 Å². The molecule has 2 aromatic heterocycles. The van der Waals surface area contributed by atoms with E-state index < -0.39 is 6.09 Å². The quantitative estimate of drug-likeness (QED) is 0.527. The van der Waals surface area contributed by atoms with Crippen molar-refractivity contribution in [1.82, 2.24) is 15.0 Å². The summed E-state index contributed by atoms with van der Waals surface area (Å²) in [5.74, 6) is 0. The number of aromatic amines is 1. The molecule has 0 unspecified atom stereocenters. The Labute approximate surface area is 144 Å². The van der Waals surface area contributed by atoms with Crippen LogP contribution >= 0.6 is 0 Å². The van der Waals surface area contributed by atoms with Gasteiger partial charge < -0.3 is 10.1 Å². The lowest BCUT2D eigenvalue weighted by Crippen LogP contribution is -2.28. The van der Waals surface area contributed by atoms with Gasteiger partial charge in [-0.2, -0.15) is 0 Å². The van der Waals surface area contributed by atoms with Crippen LogP contribution in [0.15, 0.2) is 53.8 Å². The number of hydrogen-bond acceptors (Lipinski definition) is 4. The zero-order valence-corrected chi connectivity index (χ0v) is 13.7. The number of benzene rings is 1. The fourth-order valence-electron chi connectivity index (χ4n) is 2.47. The molecule has 25 heavy (non-hydrogen) atoms. The van der Waals surface area contributed by atoms with Crippen LogP contribution in [0.25, 0.3) is 22.2 Å². The molecule has 3 aromatic rings. The normalized spacial score (nSPS) is 11.1. The lowest BCUT2D eigenvalue weighted by Gasteiger charge is -2.12. The number of nitrogens with one attached hydrogen (secondary N) is 1. The molecule has 0 saturated carbocycles. The Morgan fingerprint density at radius 3 is 2.88 bits per heavy atom. The first-order valence-electron chi connectivity index (χ1n) is 7.93. The summed E-state index contributed by atoms with van der Waals surface area (Å²) in [5, 5.41) is 14.5. The van der Waals surface area contributed by atoms with Gasteiger partial charge in [0.2, 0.25) is 0 Å². The first-order valence-corrected chi connectivity index (χ1v) is 7.93. The fraction of sp³-hybridized carbons (Fsp3) is 0.167. The zero-order valence-electron chi connectivity index (χ0n) is 13.7. The Kier molecular flexibility index (Phi) is 4.94. The summed E-state index contributed by atoms with van der Waals surface area (Å²) < 4.78 is 0. The van der Waals surface area contributed by atoms with Crippen molar-refractivity contribution in [2.45, 2.75) is 13.3 Å². The van der Waals surface area contributed by atoms with Crippen LogP contribution in [0, 0.1) is 0 Å². The van der Waals surface area contributed by atoms with E-state index >= 15 is 0 Å². The molecule has 7 heteroatoms. The number of hydroxylamine groups is 2. The predicted molar refractivity (Wildman–Crippen MR) is 95.2 cm³/mol. The minimum Gasteiger partial charge on any atom is -0.463 e. The maximum atomic E-state index is 11.0. The molecule has 0 aliphatic heterocycles. The minimum absolute atomic E-state index is 0.251. The second kappa shape index (κ2) is 7.48. The van der Waals surface area contributed by atoms with Gasteiger partial charge in [0.25, 0.3) is 0 Å². The Morgan fingerprint density at radius 2 is 2.16 bits per heavy atom. The van der Waals surface area contributed by atoms with Gasteiger partial charge in [-0.1, -0.05) is 42.4 Å². The van der Waals surface area contributed by atoms with Gasteiger partial charge in [-0.25, -0.2) is 4.79 Å². The highest BCUT2D eigenvalue weighted by Gasteiger charge is 2.11. The Balaban J connectivity index is 1.84. The van der Waals surface area contributed by atoms with Gasteiger partial charge in [0.15, 0.2) is 0 Å². The van der Waals surface area contributed by atoms with Crippen LogP contribution in [0.2, 0.25) is 0 Å². The number of H-pyrrole nitrogens is 1. The third-order valence-electron chi connectivity index (χ3n) is 3.59. The fourth-order valence-corrected chi connectivity index (χ4v) is 2.47. The standard InChI is InChI=1S/C18H18N4O3/c1-2-10-22(18(23)24)25-20-12-15-11-14-8-9-19-16(17(14)21-15)13-6-4-3-5-7-13/h3-9,11-12,21H,2,10H2,1H3,(H,23,24). The van der Waals surface area contributed by atoms with Crippen molar-refractivity contribution in [1.29, 1.82) is 0 Å². The van der Waals surface area contributed by atoms with E-state index in [9.17, 15) is 4.79 Å². The van der Waals surface area contributed by atoms with E-state index in [1.807, 2.05) is 49.4 Å². The number of amides is 1. The lowest BCUT2D eigenvalue weighted by atomic mass is 10.1. The van der Waals surface area contributed by atoms with Crippen LogP contribution in [0.3, 0.4) is 0 Å². The van der Waals surface area contributed by atoms with E-state index in [1.54, 1.807) is 6.20 Å². The van der Waals surface area contributed by atoms with E-state index in [0.29, 0.717) is 12.1 Å². The van der Waals surface area contributed by atoms with E-state index in [0.717, 1.165) is 27.2 Å². The van der Waals surface area contributed by atoms with Crippen molar-refractivity contribution in [2.75, 3.05) is 6.54 Å². The molecule has 2 heterocycles. The van der Waals surface area contributed by atoms with Crippen molar-refractivity contribution in [2.24, 2.45) is 5.16 Å². The van der Waals surface area contributed by atoms with Gasteiger partial charge >= 0.3 is 6.09 Å². The third kappa shape index (κ3) is 3.77. The number of carboxylic acid groups (broad SMARTS) is 1. The first-order chi connectivity index (χ1) is 12.2. The summed E-state index contributed by atoms with van der Waals surface area (Å²) in [7, 11) is 0. The molecule has 0 radical (unpaired) electrons. The van der Waals surface area contributed by atoms with Crippen LogP contribution in [-0.4, -0.2) is 39.0 Å². The largest absolute Gasteiger partial charge is 0.463 e. The molecule has 0 saturated heterocycles. The Morgan fingerprint density at radius 1 is 1.36 bits per heavy atom. The van der Waals surface area contributed by atoms with E-state index in [2.05, 4.69) is 15.1 Å². The summed E-state index contributed by atoms with van der Waals surface area (Å²) in [6.45, 7) is 2.11. The summed E-state index contributed by atoms with van der Waals surface area (Å²) in [4.78, 5) is 23.6. The number of pyridine rings is 1. The second-order valence-corrected chi connectivity index (χ2v) is 5.42. The molecule has 7 nitrogen and oxygen atoms in total. The number of oxime groups is 1. The second-order valence-electron chi connectivity index (χ2n) is 5.42. The average molecular weight is 338 g/mol. The monoisotopic (exact) mass is 338 g/mol. The molecule has 0 atom stereocenters. The molecule has 0 bridgehead atoms. The van der Waals surface area contributed by atoms with Gasteiger partial charge in [-0.3, -0.25) is 9.92 Å². The summed E-state index contributed by atoms with van der Waals surface area (Å²) in [6.07, 6.45) is 2.66. The SMILES string of the molecule is CCCN(ON=Cc1cc2ccnc(-c3ccccc3)c2[nH]1)C(=O)O. The highest BCUT2D eigenvalue weighted by atomic mass is 16.8. The van der Waals surface area contributed by atoms with Crippen molar-refractivity contribution in [3.05, 3.63) is 54.4 Å². The van der Waals surface area contributed by atoms with Gasteiger partial charge in [-0.05, 0) is 18.6 Å². The Bertz CT molecular complexity index is 890. The number of rotatable bonds is 6. The van der Waals surface area contributed by atoms with Crippen LogP contribution in [0.5, 0.6) is 0 Å². The smallest absolute Gasteiger partial charge is 0.442 e. The molecule has 1 aromatic carbocycles. The lowest BCUT2D eigenvalue weighted by molar-refractivity contribution is -0.129. The topological polar surface area (TPSA) is 90.8 Å². The van der Waals surface area contributed by atoms with Crippen molar-refractivity contribution < 1.29 is 14.8 Å². The zero-order chi connectivity index (χ0) is 17.6. The van der Waals surface area contributed by atoms with Crippen LogP contribution in [-0.2, 0) is 4.94 Å². The van der Waals surface area contributed by atoms with Crippen molar-refractivity contribution >= 4 is 23.2 Å². The predicted octanol–water partition coefficient (Wildman–Crippen LogP) is 3.89. The number of hydrogen-bond donors (Lipinski definition) is 2. The van der Waals surface area contributed by atoms with Gasteiger partial charge in [0.1, 0.15) is 0 Å². The third-order valence-corrected chi connectivity index (χ3v) is 3.59. The average Bonchev–Trinajstić information content (AvgIpc) is 3.04. The highest BCUT2D eigenvalue weighted by Crippen LogP contribution is 2.25. The first kappa shape index (κ1) is 16.5. The number of nitrogens with zero attached hydrogens (tertiary/aromatic N) is 3. The van der Waals surface area contributed by atoms with Crippen molar-refractivity contribution in [3.8, 4) is 11.3 Å². The molecule has 0 spiro atoms. The molecular formula is C18H18N4O3. The minimum atomic E-state index is -1.17. The van der Waals surface area contributed by atoms with Crippen LogP contribution < -0.4 is 0 Å². The maximum absolute atomic E-state index is 11.0. The summed E-state index contributed by atoms with van der Waals surface area (Å²) in [6, 6.07) is 13.7. The highest BCUT2D eigenvalue weighted by molar-refractivity contribution is 5.96. The summed E-state index contributed by atoms with van der Waals surface area (Å²) >= 11 is 0. The molecule has 3 rings (SSSR count).